The number of ether oxygens (including phenoxy) is 4. The minimum atomic E-state index is -0.953. The molecule has 17 heteroatoms. The molecule has 5 amide bonds. The number of benzene rings is 5. The van der Waals surface area contributed by atoms with Gasteiger partial charge >= 0.3 is 0 Å². The van der Waals surface area contributed by atoms with Crippen molar-refractivity contribution in [2.75, 3.05) is 47.1 Å². The van der Waals surface area contributed by atoms with Crippen LogP contribution in [0.15, 0.2) is 96.0 Å². The maximum Gasteiger partial charge on any atom is 0.261 e. The van der Waals surface area contributed by atoms with Crippen molar-refractivity contribution in [3.05, 3.63) is 124 Å². The molecule has 0 saturated carbocycles. The first-order valence-corrected chi connectivity index (χ1v) is 24.0. The van der Waals surface area contributed by atoms with E-state index in [4.69, 9.17) is 23.9 Å². The second-order valence-electron chi connectivity index (χ2n) is 17.8. The summed E-state index contributed by atoms with van der Waals surface area (Å²) < 4.78 is 26.5. The van der Waals surface area contributed by atoms with Crippen LogP contribution in [0.5, 0.6) is 23.0 Å². The lowest BCUT2D eigenvalue weighted by molar-refractivity contribution is -0.128. The first-order chi connectivity index (χ1) is 33.9. The minimum Gasteiger partial charge on any atom is -0.493 e. The summed E-state index contributed by atoms with van der Waals surface area (Å²) in [6.45, 7) is 3.95. The number of anilines is 4. The van der Waals surface area contributed by atoms with Crippen molar-refractivity contribution in [3.8, 4) is 23.0 Å². The van der Waals surface area contributed by atoms with Gasteiger partial charge in [-0.05, 0) is 93.9 Å². The van der Waals surface area contributed by atoms with E-state index in [-0.39, 0.29) is 49.6 Å². The molecule has 362 valence electrons. The molecule has 16 nitrogen and oxygen atoms in total. The van der Waals surface area contributed by atoms with Crippen molar-refractivity contribution >= 4 is 73.6 Å². The molecule has 4 aliphatic rings. The Morgan fingerprint density at radius 2 is 1.37 bits per heavy atom. The van der Waals surface area contributed by atoms with Crippen LogP contribution in [0.1, 0.15) is 82.5 Å². The Kier molecular flexibility index (Phi) is 14.0. The number of unbranched alkanes of at least 4 members (excludes halogenated alkanes) is 2. The van der Waals surface area contributed by atoms with E-state index >= 15 is 0 Å². The van der Waals surface area contributed by atoms with Crippen LogP contribution in [0.25, 0.3) is 0 Å². The van der Waals surface area contributed by atoms with Crippen LogP contribution in [-0.2, 0) is 40.4 Å². The van der Waals surface area contributed by atoms with E-state index in [9.17, 15) is 24.0 Å². The van der Waals surface area contributed by atoms with Crippen LogP contribution >= 0.6 is 9.39 Å². The Morgan fingerprint density at radius 1 is 0.743 bits per heavy atom. The average molecular weight is 966 g/mol. The standard InChI is InChI=1S/C53H56N7O9P/c1-5-6-7-16-49(61)55-27-50(62)56-31(2)51(63)57-36-18-32(29-68-47-24-41-39(22-45(47)66-3)52(64)59-37(26-54-41)20-34-12-8-10-14-42(34)59)17-33(19-36)30-69-48-25-44-40(23-46(48)67-4)53(65)60-38(28-58(44)70)21-35-13-9-11-15-43(35)60/h8-15,17-19,22-26,31,37-38H,5-7,16,20-21,27-30,70H2,1-4H3,(H,55,61)(H,56,62)(H,57,63)/t31?,37?,38-/m0/s1. The van der Waals surface area contributed by atoms with Crippen LogP contribution in [0.2, 0.25) is 0 Å². The third kappa shape index (κ3) is 9.86. The highest BCUT2D eigenvalue weighted by atomic mass is 31.0. The van der Waals surface area contributed by atoms with Gasteiger partial charge in [-0.1, -0.05) is 56.2 Å². The van der Waals surface area contributed by atoms with Crippen LogP contribution in [0, 0.1) is 0 Å². The summed E-state index contributed by atoms with van der Waals surface area (Å²) in [6.07, 6.45) is 6.15. The molecule has 4 atom stereocenters. The molecule has 3 N–H and O–H groups in total. The molecule has 9 rings (SSSR count). The Hall–Kier alpha value is -7.45. The molecule has 4 heterocycles. The molecule has 70 heavy (non-hydrogen) atoms. The summed E-state index contributed by atoms with van der Waals surface area (Å²) in [5.41, 5.74) is 7.64. The minimum absolute atomic E-state index is 0.00295. The number of rotatable bonds is 17. The van der Waals surface area contributed by atoms with E-state index < -0.39 is 17.9 Å². The number of fused-ring (bicyclic) bond motifs is 8. The van der Waals surface area contributed by atoms with Crippen LogP contribution in [-0.4, -0.2) is 81.2 Å². The van der Waals surface area contributed by atoms with Crippen molar-refractivity contribution in [2.24, 2.45) is 4.99 Å². The van der Waals surface area contributed by atoms with Gasteiger partial charge in [-0.15, -0.1) is 0 Å². The molecule has 0 fully saturated rings. The van der Waals surface area contributed by atoms with Crippen molar-refractivity contribution in [1.82, 2.24) is 10.6 Å². The van der Waals surface area contributed by atoms with E-state index in [1.54, 1.807) is 48.4 Å². The summed E-state index contributed by atoms with van der Waals surface area (Å²) >= 11 is 0. The average Bonchev–Trinajstić information content (AvgIpc) is 3.86. The number of nitrogens with zero attached hydrogens (tertiary/aromatic N) is 4. The van der Waals surface area contributed by atoms with Gasteiger partial charge in [-0.2, -0.15) is 0 Å². The van der Waals surface area contributed by atoms with Gasteiger partial charge < -0.3 is 44.5 Å². The van der Waals surface area contributed by atoms with Gasteiger partial charge in [-0.3, -0.25) is 33.9 Å². The van der Waals surface area contributed by atoms with Crippen molar-refractivity contribution in [3.63, 3.8) is 0 Å². The predicted octanol–water partition coefficient (Wildman–Crippen LogP) is 7.47. The summed E-state index contributed by atoms with van der Waals surface area (Å²) in [7, 11) is 5.78. The van der Waals surface area contributed by atoms with E-state index in [1.807, 2.05) is 71.1 Å². The Morgan fingerprint density at radius 3 is 2.06 bits per heavy atom. The molecule has 0 bridgehead atoms. The van der Waals surface area contributed by atoms with Gasteiger partial charge in [0.2, 0.25) is 17.7 Å². The fourth-order valence-corrected chi connectivity index (χ4v) is 9.95. The fraction of sp³-hybridized carbons (Fsp3) is 0.321. The van der Waals surface area contributed by atoms with Crippen LogP contribution < -0.4 is 49.4 Å². The van der Waals surface area contributed by atoms with E-state index in [0.717, 1.165) is 48.2 Å². The van der Waals surface area contributed by atoms with Crippen molar-refractivity contribution < 1.29 is 42.9 Å². The lowest BCUT2D eigenvalue weighted by Crippen LogP contribution is -2.45. The number of hydrogen-bond acceptors (Lipinski definition) is 11. The lowest BCUT2D eigenvalue weighted by Gasteiger charge is -2.24. The largest absolute Gasteiger partial charge is 0.493 e. The number of methoxy groups -OCH3 is 2. The number of amides is 5. The smallest absolute Gasteiger partial charge is 0.261 e. The summed E-state index contributed by atoms with van der Waals surface area (Å²) in [5.74, 6) is -0.0700. The molecule has 0 spiro atoms. The number of aliphatic imine (C=N–C) groups is 1. The van der Waals surface area contributed by atoms with Gasteiger partial charge in [0, 0.05) is 54.8 Å². The molecule has 5 aromatic carbocycles. The molecule has 3 unspecified atom stereocenters. The van der Waals surface area contributed by atoms with Crippen LogP contribution in [0.3, 0.4) is 0 Å². The quantitative estimate of drug-likeness (QED) is 0.0625. The Bertz CT molecular complexity index is 2910. The highest BCUT2D eigenvalue weighted by Crippen LogP contribution is 2.44. The summed E-state index contributed by atoms with van der Waals surface area (Å²) in [4.78, 5) is 75.2. The van der Waals surface area contributed by atoms with E-state index in [2.05, 4.69) is 31.4 Å². The first kappa shape index (κ1) is 47.6. The van der Waals surface area contributed by atoms with Gasteiger partial charge in [0.1, 0.15) is 19.3 Å². The number of carbonyl (C=O) groups is 5. The van der Waals surface area contributed by atoms with Crippen LogP contribution in [0.4, 0.5) is 28.4 Å². The predicted molar refractivity (Wildman–Crippen MR) is 271 cm³/mol. The second-order valence-corrected chi connectivity index (χ2v) is 18.5. The molecule has 0 aromatic heterocycles. The summed E-state index contributed by atoms with van der Waals surface area (Å²) in [6, 6.07) is 26.8. The highest BCUT2D eigenvalue weighted by Gasteiger charge is 2.40. The monoisotopic (exact) mass is 965 g/mol. The third-order valence-corrected chi connectivity index (χ3v) is 13.5. The molecule has 0 radical (unpaired) electrons. The second kappa shape index (κ2) is 20.6. The van der Waals surface area contributed by atoms with Gasteiger partial charge in [0.25, 0.3) is 11.8 Å². The topological polar surface area (TPSA) is 180 Å². The van der Waals surface area contributed by atoms with E-state index in [0.29, 0.717) is 81.7 Å². The maximum absolute atomic E-state index is 14.2. The number of nitrogens with one attached hydrogen (secondary N) is 3. The molecule has 0 aliphatic carbocycles. The SMILES string of the molecule is CCCCCC(=O)NCC(=O)NC(C)C(=O)Nc1cc(COc2cc3c(cc2OC)C(=O)N2c4ccccc4CC2C=N3)cc(COc2cc3c(cc2OC)C(=O)N2c4ccccc4C[C@H]2CN3P)c1. The van der Waals surface area contributed by atoms with Gasteiger partial charge in [0.15, 0.2) is 23.0 Å². The zero-order valence-electron chi connectivity index (χ0n) is 39.6. The van der Waals surface area contributed by atoms with Crippen molar-refractivity contribution in [1.29, 1.82) is 0 Å². The molecular formula is C53H56N7O9P. The molecule has 4 aliphatic heterocycles. The van der Waals surface area contributed by atoms with Gasteiger partial charge in [-0.25, -0.2) is 0 Å². The first-order valence-electron chi connectivity index (χ1n) is 23.5. The third-order valence-electron chi connectivity index (χ3n) is 13.0. The molecule has 5 aromatic rings. The van der Waals surface area contributed by atoms with Gasteiger partial charge in [0.05, 0.1) is 55.3 Å². The Labute approximate surface area is 409 Å². The maximum atomic E-state index is 14.2. The normalized spacial score (nSPS) is 16.6. The summed E-state index contributed by atoms with van der Waals surface area (Å²) in [5, 5.41) is 8.19. The molecule has 0 saturated heterocycles. The number of carbonyl (C=O) groups excluding carboxylic acids is 5. The number of hydrogen-bond donors (Lipinski definition) is 3. The fourth-order valence-electron chi connectivity index (χ4n) is 9.49. The van der Waals surface area contributed by atoms with Crippen molar-refractivity contribution in [2.45, 2.75) is 83.7 Å². The highest BCUT2D eigenvalue weighted by molar-refractivity contribution is 7.19. The zero-order valence-corrected chi connectivity index (χ0v) is 40.7. The molecular weight excluding hydrogens is 910 g/mol. The Balaban J connectivity index is 0.957. The zero-order chi connectivity index (χ0) is 49.1. The van der Waals surface area contributed by atoms with E-state index in [1.165, 1.54) is 14.2 Å². The lowest BCUT2D eigenvalue weighted by atomic mass is 10.1. The number of para-hydroxylation sites is 2.